The van der Waals surface area contributed by atoms with Gasteiger partial charge >= 0.3 is 0 Å². The molecule has 1 saturated heterocycles. The quantitative estimate of drug-likeness (QED) is 0.745. The molecule has 1 aliphatic heterocycles. The number of rotatable bonds is 2. The summed E-state index contributed by atoms with van der Waals surface area (Å²) in [7, 11) is 0. The van der Waals surface area contributed by atoms with Gasteiger partial charge in [-0.15, -0.1) is 0 Å². The largest absolute Gasteiger partial charge is 0.438 e. The molecular weight excluding hydrogens is 206 g/mol. The van der Waals surface area contributed by atoms with E-state index < -0.39 is 0 Å². The second-order valence-corrected chi connectivity index (χ2v) is 4.29. The van der Waals surface area contributed by atoms with E-state index in [1.807, 2.05) is 4.90 Å². The van der Waals surface area contributed by atoms with Crippen LogP contribution in [0.5, 0.6) is 0 Å². The summed E-state index contributed by atoms with van der Waals surface area (Å²) < 4.78 is 5.01. The number of piperazine rings is 1. The molecule has 1 aromatic rings. The predicted molar refractivity (Wildman–Crippen MR) is 59.1 cm³/mol. The lowest BCUT2D eigenvalue weighted by atomic mass is 10.2. The van der Waals surface area contributed by atoms with E-state index in [0.29, 0.717) is 11.8 Å². The maximum absolute atomic E-state index is 11.9. The third-order valence-corrected chi connectivity index (χ3v) is 2.97. The van der Waals surface area contributed by atoms with Crippen LogP contribution in [-0.4, -0.2) is 52.9 Å². The standard InChI is InChI=1S/C11H17N3O2/c1-9(2)13-3-5-14(6-4-13)11(15)10-7-12-8-16-10/h7-9H,3-6H2,1-2H3. The Morgan fingerprint density at radius 1 is 1.38 bits per heavy atom. The van der Waals surface area contributed by atoms with Crippen molar-refractivity contribution in [3.63, 3.8) is 0 Å². The molecule has 0 aliphatic carbocycles. The van der Waals surface area contributed by atoms with Crippen LogP contribution >= 0.6 is 0 Å². The topological polar surface area (TPSA) is 49.6 Å². The third kappa shape index (κ3) is 2.24. The van der Waals surface area contributed by atoms with Crippen molar-refractivity contribution < 1.29 is 9.21 Å². The number of carbonyl (C=O) groups is 1. The Bertz CT molecular complexity index is 340. The fraction of sp³-hybridized carbons (Fsp3) is 0.636. The minimum absolute atomic E-state index is 0.0547. The van der Waals surface area contributed by atoms with E-state index >= 15 is 0 Å². The summed E-state index contributed by atoms with van der Waals surface area (Å²) >= 11 is 0. The number of carbonyl (C=O) groups excluding carboxylic acids is 1. The Morgan fingerprint density at radius 3 is 2.56 bits per heavy atom. The number of hydrogen-bond donors (Lipinski definition) is 0. The van der Waals surface area contributed by atoms with Gasteiger partial charge in [-0.25, -0.2) is 4.98 Å². The number of oxazole rings is 1. The smallest absolute Gasteiger partial charge is 0.291 e. The van der Waals surface area contributed by atoms with Gasteiger partial charge in [-0.05, 0) is 13.8 Å². The number of amides is 1. The highest BCUT2D eigenvalue weighted by Crippen LogP contribution is 2.09. The zero-order valence-electron chi connectivity index (χ0n) is 9.72. The molecule has 2 rings (SSSR count). The molecule has 5 nitrogen and oxygen atoms in total. The molecular formula is C11H17N3O2. The van der Waals surface area contributed by atoms with Gasteiger partial charge in [0.2, 0.25) is 5.76 Å². The molecule has 1 aliphatic rings. The first-order valence-corrected chi connectivity index (χ1v) is 5.60. The van der Waals surface area contributed by atoms with Crippen molar-refractivity contribution >= 4 is 5.91 Å². The third-order valence-electron chi connectivity index (χ3n) is 2.97. The SMILES string of the molecule is CC(C)N1CCN(C(=O)c2cnco2)CC1. The Kier molecular flexibility index (Phi) is 3.24. The second-order valence-electron chi connectivity index (χ2n) is 4.29. The Morgan fingerprint density at radius 2 is 2.06 bits per heavy atom. The van der Waals surface area contributed by atoms with E-state index in [1.165, 1.54) is 12.6 Å². The lowest BCUT2D eigenvalue weighted by Crippen LogP contribution is -2.50. The molecule has 0 N–H and O–H groups in total. The Hall–Kier alpha value is -1.36. The number of nitrogens with zero attached hydrogens (tertiary/aromatic N) is 3. The molecule has 2 heterocycles. The van der Waals surface area contributed by atoms with Gasteiger partial charge in [0.25, 0.3) is 5.91 Å². The fourth-order valence-corrected chi connectivity index (χ4v) is 1.92. The van der Waals surface area contributed by atoms with Crippen molar-refractivity contribution in [3.8, 4) is 0 Å². The van der Waals surface area contributed by atoms with Crippen LogP contribution in [0.15, 0.2) is 17.0 Å². The van der Waals surface area contributed by atoms with Crippen LogP contribution in [0.2, 0.25) is 0 Å². The summed E-state index contributed by atoms with van der Waals surface area (Å²) in [5.41, 5.74) is 0. The predicted octanol–water partition coefficient (Wildman–Crippen LogP) is 0.841. The van der Waals surface area contributed by atoms with Gasteiger partial charge in [-0.2, -0.15) is 0 Å². The summed E-state index contributed by atoms with van der Waals surface area (Å²) in [5.74, 6) is 0.277. The van der Waals surface area contributed by atoms with Crippen molar-refractivity contribution in [2.24, 2.45) is 0 Å². The molecule has 0 bridgehead atoms. The van der Waals surface area contributed by atoms with Gasteiger partial charge in [-0.1, -0.05) is 0 Å². The second kappa shape index (κ2) is 4.65. The first-order chi connectivity index (χ1) is 7.68. The molecule has 0 saturated carbocycles. The molecule has 1 fully saturated rings. The van der Waals surface area contributed by atoms with Crippen molar-refractivity contribution in [1.29, 1.82) is 0 Å². The minimum Gasteiger partial charge on any atom is -0.438 e. The molecule has 0 spiro atoms. The average molecular weight is 223 g/mol. The van der Waals surface area contributed by atoms with Crippen molar-refractivity contribution in [3.05, 3.63) is 18.4 Å². The molecule has 5 heteroatoms. The minimum atomic E-state index is -0.0547. The summed E-state index contributed by atoms with van der Waals surface area (Å²) in [6.07, 6.45) is 2.76. The van der Waals surface area contributed by atoms with Gasteiger partial charge in [0, 0.05) is 32.2 Å². The van der Waals surface area contributed by atoms with E-state index in [9.17, 15) is 4.79 Å². The van der Waals surface area contributed by atoms with Gasteiger partial charge < -0.3 is 9.32 Å². The van der Waals surface area contributed by atoms with Crippen LogP contribution in [0, 0.1) is 0 Å². The van der Waals surface area contributed by atoms with Gasteiger partial charge in [0.05, 0.1) is 6.20 Å². The van der Waals surface area contributed by atoms with Crippen LogP contribution in [0.25, 0.3) is 0 Å². The van der Waals surface area contributed by atoms with Gasteiger partial charge in [0.15, 0.2) is 6.39 Å². The van der Waals surface area contributed by atoms with E-state index in [0.717, 1.165) is 26.2 Å². The van der Waals surface area contributed by atoms with Crippen LogP contribution < -0.4 is 0 Å². The molecule has 0 unspecified atom stereocenters. The van der Waals surface area contributed by atoms with E-state index in [1.54, 1.807) is 0 Å². The zero-order valence-corrected chi connectivity index (χ0v) is 9.72. The zero-order chi connectivity index (χ0) is 11.5. The summed E-state index contributed by atoms with van der Waals surface area (Å²) in [4.78, 5) is 19.9. The maximum atomic E-state index is 11.9. The lowest BCUT2D eigenvalue weighted by molar-refractivity contribution is 0.0566. The molecule has 16 heavy (non-hydrogen) atoms. The van der Waals surface area contributed by atoms with Crippen LogP contribution in [-0.2, 0) is 0 Å². The maximum Gasteiger partial charge on any atom is 0.291 e. The number of aromatic nitrogens is 1. The first-order valence-electron chi connectivity index (χ1n) is 5.60. The van der Waals surface area contributed by atoms with Crippen molar-refractivity contribution in [1.82, 2.24) is 14.8 Å². The average Bonchev–Trinajstić information content (AvgIpc) is 2.81. The molecule has 1 amide bonds. The van der Waals surface area contributed by atoms with Crippen molar-refractivity contribution in [2.75, 3.05) is 26.2 Å². The first kappa shape index (κ1) is 11.1. The molecule has 0 radical (unpaired) electrons. The normalized spacial score (nSPS) is 18.1. The van der Waals surface area contributed by atoms with Gasteiger partial charge in [-0.3, -0.25) is 9.69 Å². The van der Waals surface area contributed by atoms with Crippen LogP contribution in [0.4, 0.5) is 0 Å². The summed E-state index contributed by atoms with van der Waals surface area (Å²) in [6.45, 7) is 7.73. The molecule has 0 atom stereocenters. The Balaban J connectivity index is 1.92. The van der Waals surface area contributed by atoms with Crippen LogP contribution in [0.3, 0.4) is 0 Å². The summed E-state index contributed by atoms with van der Waals surface area (Å²) in [6, 6.07) is 0.544. The highest BCUT2D eigenvalue weighted by Gasteiger charge is 2.24. The monoisotopic (exact) mass is 223 g/mol. The van der Waals surface area contributed by atoms with Crippen molar-refractivity contribution in [2.45, 2.75) is 19.9 Å². The molecule has 88 valence electrons. The Labute approximate surface area is 95.0 Å². The summed E-state index contributed by atoms with van der Waals surface area (Å²) in [5, 5.41) is 0. The highest BCUT2D eigenvalue weighted by atomic mass is 16.3. The van der Waals surface area contributed by atoms with E-state index in [4.69, 9.17) is 4.42 Å². The van der Waals surface area contributed by atoms with Gasteiger partial charge in [0.1, 0.15) is 0 Å². The van der Waals surface area contributed by atoms with E-state index in [-0.39, 0.29) is 5.91 Å². The fourth-order valence-electron chi connectivity index (χ4n) is 1.92. The van der Waals surface area contributed by atoms with Crippen LogP contribution in [0.1, 0.15) is 24.4 Å². The van der Waals surface area contributed by atoms with E-state index in [2.05, 4.69) is 23.7 Å². The highest BCUT2D eigenvalue weighted by molar-refractivity contribution is 5.91. The molecule has 1 aromatic heterocycles. The molecule has 0 aromatic carbocycles. The number of hydrogen-bond acceptors (Lipinski definition) is 4. The lowest BCUT2D eigenvalue weighted by Gasteiger charge is -2.36.